The zero-order valence-electron chi connectivity index (χ0n) is 15.9. The van der Waals surface area contributed by atoms with E-state index in [1.165, 1.54) is 25.3 Å². The van der Waals surface area contributed by atoms with Crippen LogP contribution in [0.15, 0.2) is 53.5 Å². The number of nitrogens with zero attached hydrogens (tertiary/aromatic N) is 1. The smallest absolute Gasteiger partial charge is 0.322 e. The Labute approximate surface area is 165 Å². The van der Waals surface area contributed by atoms with Crippen LogP contribution in [0.4, 0.5) is 23.7 Å². The number of pyridine rings is 1. The average Bonchev–Trinajstić information content (AvgIpc) is 2.69. The lowest BCUT2D eigenvalue weighted by Crippen LogP contribution is -2.40. The van der Waals surface area contributed by atoms with Crippen molar-refractivity contribution in [3.8, 4) is 0 Å². The number of hydrogen-bond acceptors (Lipinski definition) is 2. The van der Waals surface area contributed by atoms with Crippen molar-refractivity contribution in [3.63, 3.8) is 0 Å². The van der Waals surface area contributed by atoms with Crippen LogP contribution in [0.3, 0.4) is 0 Å². The number of benzene rings is 2. The summed E-state index contributed by atoms with van der Waals surface area (Å²) < 4.78 is 40.7. The summed E-state index contributed by atoms with van der Waals surface area (Å²) >= 11 is 0. The highest BCUT2D eigenvalue weighted by Gasteiger charge is 2.27. The minimum Gasteiger partial charge on any atom is -0.328 e. The zero-order valence-corrected chi connectivity index (χ0v) is 15.9. The normalized spacial score (nSPS) is 12.2. The number of rotatable bonds is 5. The van der Waals surface area contributed by atoms with E-state index < -0.39 is 30.9 Å². The highest BCUT2D eigenvalue weighted by molar-refractivity contribution is 5.91. The summed E-state index contributed by atoms with van der Waals surface area (Å²) in [7, 11) is 0. The van der Waals surface area contributed by atoms with E-state index in [0.29, 0.717) is 21.9 Å². The van der Waals surface area contributed by atoms with Gasteiger partial charge in [0.15, 0.2) is 0 Å². The lowest BCUT2D eigenvalue weighted by atomic mass is 10.0. The molecule has 3 aromatic rings. The highest BCUT2D eigenvalue weighted by atomic mass is 19.3. The second kappa shape index (κ2) is 8.38. The van der Waals surface area contributed by atoms with Crippen molar-refractivity contribution in [2.75, 3.05) is 11.9 Å². The number of fused-ring (bicyclic) bond motifs is 1. The van der Waals surface area contributed by atoms with Crippen LogP contribution >= 0.6 is 0 Å². The fourth-order valence-corrected chi connectivity index (χ4v) is 3.24. The SMILES string of the molecule is Cc1cccc(NC(=O)N(CC(F)F)[C@H](C)c2c[nH]c(=O)c3ccccc23)c1F. The Balaban J connectivity index is 1.98. The Bertz CT molecular complexity index is 1100. The maximum atomic E-state index is 14.2. The molecule has 0 aliphatic heterocycles. The van der Waals surface area contributed by atoms with Crippen molar-refractivity contribution in [3.05, 3.63) is 76.0 Å². The number of aryl methyl sites for hydroxylation is 1. The largest absolute Gasteiger partial charge is 0.328 e. The van der Waals surface area contributed by atoms with Crippen LogP contribution in [0, 0.1) is 12.7 Å². The third-order valence-corrected chi connectivity index (χ3v) is 4.79. The third kappa shape index (κ3) is 4.26. The Hall–Kier alpha value is -3.29. The van der Waals surface area contributed by atoms with Gasteiger partial charge in [0.1, 0.15) is 5.82 Å². The standard InChI is InChI=1S/C21H20F3N3O2/c1-12-6-5-9-17(19(12)24)26-21(29)27(11-18(22)23)13(2)16-10-25-20(28)15-8-4-3-7-14(15)16/h3-10,13,18H,11H2,1-2H3,(H,25,28)(H,26,29)/t13-/m1/s1. The molecular weight excluding hydrogens is 383 g/mol. The summed E-state index contributed by atoms with van der Waals surface area (Å²) in [4.78, 5) is 28.3. The van der Waals surface area contributed by atoms with Gasteiger partial charge in [-0.15, -0.1) is 0 Å². The summed E-state index contributed by atoms with van der Waals surface area (Å²) in [5, 5.41) is 3.31. The summed E-state index contributed by atoms with van der Waals surface area (Å²) in [5.74, 6) is -0.625. The Morgan fingerprint density at radius 2 is 1.83 bits per heavy atom. The Kier molecular flexibility index (Phi) is 5.91. The van der Waals surface area contributed by atoms with E-state index >= 15 is 0 Å². The predicted molar refractivity (Wildman–Crippen MR) is 106 cm³/mol. The van der Waals surface area contributed by atoms with E-state index in [2.05, 4.69) is 10.3 Å². The van der Waals surface area contributed by atoms with Crippen LogP contribution in [0.5, 0.6) is 0 Å². The second-order valence-electron chi connectivity index (χ2n) is 6.70. The lowest BCUT2D eigenvalue weighted by Gasteiger charge is -2.30. The first-order valence-electron chi connectivity index (χ1n) is 9.00. The first-order valence-corrected chi connectivity index (χ1v) is 9.00. The van der Waals surface area contributed by atoms with Crippen LogP contribution in [0.2, 0.25) is 0 Å². The van der Waals surface area contributed by atoms with E-state index in [4.69, 9.17) is 0 Å². The van der Waals surface area contributed by atoms with Gasteiger partial charge in [-0.1, -0.05) is 30.3 Å². The summed E-state index contributed by atoms with van der Waals surface area (Å²) in [6.45, 7) is 2.26. The number of carbonyl (C=O) groups excluding carboxylic acids is 1. The second-order valence-corrected chi connectivity index (χ2v) is 6.70. The van der Waals surface area contributed by atoms with Crippen molar-refractivity contribution in [1.29, 1.82) is 0 Å². The number of alkyl halides is 2. The molecule has 1 heterocycles. The van der Waals surface area contributed by atoms with Gasteiger partial charge >= 0.3 is 6.03 Å². The molecule has 152 valence electrons. The number of urea groups is 1. The maximum absolute atomic E-state index is 14.2. The van der Waals surface area contributed by atoms with Crippen LogP contribution < -0.4 is 10.9 Å². The van der Waals surface area contributed by atoms with Gasteiger partial charge in [0, 0.05) is 11.6 Å². The summed E-state index contributed by atoms with van der Waals surface area (Å²) in [6.07, 6.45) is -1.38. The van der Waals surface area contributed by atoms with Crippen molar-refractivity contribution < 1.29 is 18.0 Å². The van der Waals surface area contributed by atoms with Gasteiger partial charge in [0.05, 0.1) is 18.3 Å². The number of aromatic amines is 1. The lowest BCUT2D eigenvalue weighted by molar-refractivity contribution is 0.0884. The van der Waals surface area contributed by atoms with Crippen molar-refractivity contribution in [2.45, 2.75) is 26.3 Å². The number of hydrogen-bond donors (Lipinski definition) is 2. The zero-order chi connectivity index (χ0) is 21.1. The number of nitrogens with one attached hydrogen (secondary N) is 2. The van der Waals surface area contributed by atoms with Gasteiger partial charge in [0.2, 0.25) is 0 Å². The average molecular weight is 403 g/mol. The quantitative estimate of drug-likeness (QED) is 0.641. The molecule has 0 aliphatic rings. The Morgan fingerprint density at radius 3 is 2.52 bits per heavy atom. The molecule has 0 saturated carbocycles. The number of carbonyl (C=O) groups is 1. The number of aromatic nitrogens is 1. The first kappa shape index (κ1) is 20.4. The molecule has 0 saturated heterocycles. The van der Waals surface area contributed by atoms with Gasteiger partial charge in [-0.05, 0) is 42.5 Å². The molecule has 1 aromatic heterocycles. The molecule has 3 rings (SSSR count). The van der Waals surface area contributed by atoms with Crippen molar-refractivity contribution in [2.24, 2.45) is 0 Å². The van der Waals surface area contributed by atoms with Gasteiger partial charge < -0.3 is 15.2 Å². The molecule has 2 amide bonds. The topological polar surface area (TPSA) is 65.2 Å². The van der Waals surface area contributed by atoms with E-state index in [0.717, 1.165) is 4.90 Å². The molecule has 0 fully saturated rings. The summed E-state index contributed by atoms with van der Waals surface area (Å²) in [5.41, 5.74) is 0.416. The Morgan fingerprint density at radius 1 is 1.14 bits per heavy atom. The number of H-pyrrole nitrogens is 1. The molecule has 2 N–H and O–H groups in total. The van der Waals surface area contributed by atoms with Gasteiger partial charge in [-0.3, -0.25) is 4.79 Å². The maximum Gasteiger partial charge on any atom is 0.322 e. The monoisotopic (exact) mass is 403 g/mol. The van der Waals surface area contributed by atoms with E-state index in [9.17, 15) is 22.8 Å². The van der Waals surface area contributed by atoms with Gasteiger partial charge in [0.25, 0.3) is 12.0 Å². The molecule has 0 spiro atoms. The molecule has 0 aliphatic carbocycles. The minimum absolute atomic E-state index is 0.0900. The molecule has 0 bridgehead atoms. The van der Waals surface area contributed by atoms with E-state index in [1.54, 1.807) is 37.3 Å². The number of halogens is 3. The predicted octanol–water partition coefficient (Wildman–Crippen LogP) is 4.84. The number of amides is 2. The third-order valence-electron chi connectivity index (χ3n) is 4.79. The molecule has 1 atom stereocenters. The fraction of sp³-hybridized carbons (Fsp3) is 0.238. The fourth-order valence-electron chi connectivity index (χ4n) is 3.24. The van der Waals surface area contributed by atoms with E-state index in [1.807, 2.05) is 0 Å². The van der Waals surface area contributed by atoms with Gasteiger partial charge in [-0.2, -0.15) is 0 Å². The van der Waals surface area contributed by atoms with Crippen LogP contribution in [0.1, 0.15) is 24.1 Å². The van der Waals surface area contributed by atoms with Crippen molar-refractivity contribution >= 4 is 22.5 Å². The first-order chi connectivity index (χ1) is 13.8. The number of anilines is 1. The molecule has 0 radical (unpaired) electrons. The molecular formula is C21H20F3N3O2. The molecule has 0 unspecified atom stereocenters. The minimum atomic E-state index is -2.79. The highest BCUT2D eigenvalue weighted by Crippen LogP contribution is 2.28. The van der Waals surface area contributed by atoms with Crippen LogP contribution in [0.25, 0.3) is 10.8 Å². The van der Waals surface area contributed by atoms with Gasteiger partial charge in [-0.25, -0.2) is 18.0 Å². The molecule has 29 heavy (non-hydrogen) atoms. The van der Waals surface area contributed by atoms with Crippen LogP contribution in [-0.2, 0) is 0 Å². The molecule has 5 nitrogen and oxygen atoms in total. The molecule has 8 heteroatoms. The van der Waals surface area contributed by atoms with Crippen molar-refractivity contribution in [1.82, 2.24) is 9.88 Å². The molecule has 2 aromatic carbocycles. The van der Waals surface area contributed by atoms with E-state index in [-0.39, 0.29) is 11.2 Å². The van der Waals surface area contributed by atoms with Crippen LogP contribution in [-0.4, -0.2) is 28.9 Å². The summed E-state index contributed by atoms with van der Waals surface area (Å²) in [6, 6.07) is 9.51.